The summed E-state index contributed by atoms with van der Waals surface area (Å²) in [6.45, 7) is 0. The Bertz CT molecular complexity index is 644. The molecule has 0 radical (unpaired) electrons. The smallest absolute Gasteiger partial charge is 0.251 e. The van der Waals surface area contributed by atoms with Gasteiger partial charge in [-0.15, -0.1) is 0 Å². The van der Waals surface area contributed by atoms with Crippen LogP contribution in [-0.4, -0.2) is 11.9 Å². The number of benzene rings is 2. The molecule has 2 unspecified atom stereocenters. The van der Waals surface area contributed by atoms with Crippen molar-refractivity contribution in [3.8, 4) is 0 Å². The van der Waals surface area contributed by atoms with Gasteiger partial charge < -0.3 is 5.32 Å². The van der Waals surface area contributed by atoms with Crippen LogP contribution in [0.4, 0.5) is 4.39 Å². The molecule has 0 spiro atoms. The quantitative estimate of drug-likeness (QED) is 0.907. The molecule has 0 saturated heterocycles. The van der Waals surface area contributed by atoms with E-state index in [2.05, 4.69) is 33.4 Å². The van der Waals surface area contributed by atoms with E-state index in [1.54, 1.807) is 12.1 Å². The summed E-state index contributed by atoms with van der Waals surface area (Å²) in [6.07, 6.45) is 0.939. The van der Waals surface area contributed by atoms with Gasteiger partial charge in [-0.2, -0.15) is 0 Å². The third kappa shape index (κ3) is 2.75. The zero-order valence-corrected chi connectivity index (χ0v) is 12.2. The van der Waals surface area contributed by atoms with Gasteiger partial charge in [0.1, 0.15) is 5.82 Å². The average molecular weight is 334 g/mol. The lowest BCUT2D eigenvalue weighted by atomic mass is 10.1. The van der Waals surface area contributed by atoms with E-state index >= 15 is 0 Å². The molecule has 0 aromatic heterocycles. The van der Waals surface area contributed by atoms with Crippen molar-refractivity contribution in [1.29, 1.82) is 0 Å². The molecular weight excluding hydrogens is 321 g/mol. The van der Waals surface area contributed by atoms with Crippen molar-refractivity contribution < 1.29 is 9.18 Å². The second-order valence-corrected chi connectivity index (χ2v) is 5.82. The van der Waals surface area contributed by atoms with Gasteiger partial charge in [0.05, 0.1) is 4.47 Å². The highest BCUT2D eigenvalue weighted by molar-refractivity contribution is 9.10. The molecule has 1 fully saturated rings. The van der Waals surface area contributed by atoms with Crippen LogP contribution < -0.4 is 5.32 Å². The summed E-state index contributed by atoms with van der Waals surface area (Å²) in [6, 6.07) is 14.7. The second-order valence-electron chi connectivity index (χ2n) is 4.96. The molecule has 1 saturated carbocycles. The number of halogens is 2. The number of nitrogens with one attached hydrogen (secondary N) is 1. The molecule has 4 heteroatoms. The van der Waals surface area contributed by atoms with Crippen molar-refractivity contribution in [2.24, 2.45) is 0 Å². The Morgan fingerprint density at radius 1 is 1.20 bits per heavy atom. The predicted molar refractivity (Wildman–Crippen MR) is 79.2 cm³/mol. The van der Waals surface area contributed by atoms with Gasteiger partial charge in [-0.05, 0) is 46.1 Å². The maximum Gasteiger partial charge on any atom is 0.251 e. The molecule has 20 heavy (non-hydrogen) atoms. The van der Waals surface area contributed by atoms with Gasteiger partial charge >= 0.3 is 0 Å². The first kappa shape index (κ1) is 13.3. The fourth-order valence-electron chi connectivity index (χ4n) is 2.31. The van der Waals surface area contributed by atoms with Crippen LogP contribution in [0.5, 0.6) is 0 Å². The first-order valence-corrected chi connectivity index (χ1v) is 7.25. The SMILES string of the molecule is O=C(NC1CC1c1ccccc1)c1ccc(Br)c(F)c1. The van der Waals surface area contributed by atoms with E-state index < -0.39 is 5.82 Å². The van der Waals surface area contributed by atoms with E-state index in [1.165, 1.54) is 11.6 Å². The summed E-state index contributed by atoms with van der Waals surface area (Å²) < 4.78 is 13.8. The summed E-state index contributed by atoms with van der Waals surface area (Å²) in [5.74, 6) is -0.270. The first-order valence-electron chi connectivity index (χ1n) is 6.46. The Kier molecular flexibility index (Phi) is 3.57. The van der Waals surface area contributed by atoms with Crippen LogP contribution in [-0.2, 0) is 0 Å². The Labute approximate surface area is 125 Å². The van der Waals surface area contributed by atoms with Crippen molar-refractivity contribution in [1.82, 2.24) is 5.32 Å². The van der Waals surface area contributed by atoms with E-state index in [0.29, 0.717) is 16.0 Å². The zero-order chi connectivity index (χ0) is 14.1. The fraction of sp³-hybridized carbons (Fsp3) is 0.188. The second kappa shape index (κ2) is 5.37. The highest BCUT2D eigenvalue weighted by Crippen LogP contribution is 2.40. The molecule has 1 aliphatic carbocycles. The van der Waals surface area contributed by atoms with E-state index in [-0.39, 0.29) is 11.9 Å². The molecule has 2 nitrogen and oxygen atoms in total. The molecule has 2 aromatic carbocycles. The Hall–Kier alpha value is -1.68. The van der Waals surface area contributed by atoms with Crippen LogP contribution in [0.15, 0.2) is 53.0 Å². The highest BCUT2D eigenvalue weighted by atomic mass is 79.9. The summed E-state index contributed by atoms with van der Waals surface area (Å²) in [4.78, 5) is 12.0. The standard InChI is InChI=1S/C16H13BrFNO/c17-13-7-6-11(8-14(13)18)16(20)19-15-9-12(15)10-4-2-1-3-5-10/h1-8,12,15H,9H2,(H,19,20). The van der Waals surface area contributed by atoms with Gasteiger partial charge in [-0.1, -0.05) is 30.3 Å². The van der Waals surface area contributed by atoms with E-state index in [4.69, 9.17) is 0 Å². The average Bonchev–Trinajstić information content (AvgIpc) is 3.22. The van der Waals surface area contributed by atoms with Gasteiger partial charge in [0.15, 0.2) is 0 Å². The minimum Gasteiger partial charge on any atom is -0.349 e. The Balaban J connectivity index is 1.65. The molecule has 0 aliphatic heterocycles. The fourth-order valence-corrected chi connectivity index (χ4v) is 2.56. The number of amides is 1. The van der Waals surface area contributed by atoms with Gasteiger partial charge in [0.25, 0.3) is 5.91 Å². The third-order valence-corrected chi connectivity index (χ3v) is 4.16. The maximum atomic E-state index is 13.4. The number of rotatable bonds is 3. The van der Waals surface area contributed by atoms with E-state index in [0.717, 1.165) is 6.42 Å². The molecule has 102 valence electrons. The van der Waals surface area contributed by atoms with Crippen molar-refractivity contribution >= 4 is 21.8 Å². The van der Waals surface area contributed by atoms with Gasteiger partial charge in [0, 0.05) is 17.5 Å². The van der Waals surface area contributed by atoms with Crippen molar-refractivity contribution in [2.45, 2.75) is 18.4 Å². The molecular formula is C16H13BrFNO. The molecule has 1 N–H and O–H groups in total. The molecule has 0 heterocycles. The minimum atomic E-state index is -0.423. The normalized spacial score (nSPS) is 20.5. The lowest BCUT2D eigenvalue weighted by Gasteiger charge is -2.05. The zero-order valence-electron chi connectivity index (χ0n) is 10.6. The minimum absolute atomic E-state index is 0.150. The molecule has 3 rings (SSSR count). The monoisotopic (exact) mass is 333 g/mol. The number of carbonyl (C=O) groups excluding carboxylic acids is 1. The molecule has 0 bridgehead atoms. The summed E-state index contributed by atoms with van der Waals surface area (Å²) >= 11 is 3.08. The largest absolute Gasteiger partial charge is 0.349 e. The van der Waals surface area contributed by atoms with Crippen molar-refractivity contribution in [2.75, 3.05) is 0 Å². The van der Waals surface area contributed by atoms with E-state index in [1.807, 2.05) is 18.2 Å². The van der Waals surface area contributed by atoms with Gasteiger partial charge in [0.2, 0.25) is 0 Å². The lowest BCUT2D eigenvalue weighted by molar-refractivity contribution is 0.0950. The predicted octanol–water partition coefficient (Wildman–Crippen LogP) is 3.87. The van der Waals surface area contributed by atoms with E-state index in [9.17, 15) is 9.18 Å². The van der Waals surface area contributed by atoms with Gasteiger partial charge in [-0.25, -0.2) is 4.39 Å². The first-order chi connectivity index (χ1) is 9.65. The number of carbonyl (C=O) groups is 1. The molecule has 1 amide bonds. The lowest BCUT2D eigenvalue weighted by Crippen LogP contribution is -2.26. The molecule has 1 aliphatic rings. The third-order valence-electron chi connectivity index (χ3n) is 3.52. The Morgan fingerprint density at radius 2 is 1.95 bits per heavy atom. The highest BCUT2D eigenvalue weighted by Gasteiger charge is 2.39. The summed E-state index contributed by atoms with van der Waals surface area (Å²) in [7, 11) is 0. The van der Waals surface area contributed by atoms with Crippen molar-refractivity contribution in [3.63, 3.8) is 0 Å². The van der Waals surface area contributed by atoms with Crippen LogP contribution in [0.25, 0.3) is 0 Å². The van der Waals surface area contributed by atoms with Crippen LogP contribution in [0.2, 0.25) is 0 Å². The van der Waals surface area contributed by atoms with Gasteiger partial charge in [-0.3, -0.25) is 4.79 Å². The van der Waals surface area contributed by atoms with Crippen molar-refractivity contribution in [3.05, 3.63) is 69.9 Å². The van der Waals surface area contributed by atoms with Crippen LogP contribution in [0.3, 0.4) is 0 Å². The topological polar surface area (TPSA) is 29.1 Å². The number of hydrogen-bond donors (Lipinski definition) is 1. The summed E-state index contributed by atoms with van der Waals surface area (Å²) in [5.41, 5.74) is 1.59. The van der Waals surface area contributed by atoms with Crippen LogP contribution in [0.1, 0.15) is 28.3 Å². The molecule has 2 atom stereocenters. The number of hydrogen-bond acceptors (Lipinski definition) is 1. The summed E-state index contributed by atoms with van der Waals surface area (Å²) in [5, 5.41) is 2.94. The molecule has 2 aromatic rings. The van der Waals surface area contributed by atoms with Crippen LogP contribution >= 0.6 is 15.9 Å². The Morgan fingerprint density at radius 3 is 2.65 bits per heavy atom. The van der Waals surface area contributed by atoms with Crippen LogP contribution in [0, 0.1) is 5.82 Å². The maximum absolute atomic E-state index is 13.4.